The fraction of sp³-hybridized carbons (Fsp3) is 0.375. The van der Waals surface area contributed by atoms with E-state index in [1.807, 2.05) is 30.3 Å². The molecule has 0 spiro atoms. The van der Waals surface area contributed by atoms with Crippen LogP contribution in [0.15, 0.2) is 54.6 Å². The Morgan fingerprint density at radius 3 is 2.32 bits per heavy atom. The highest BCUT2D eigenvalue weighted by Gasteiger charge is 2.31. The number of hydrogen-bond donors (Lipinski definition) is 3. The number of unbranched alkanes of at least 4 members (excludes halogenated alkanes) is 2. The lowest BCUT2D eigenvalue weighted by Crippen LogP contribution is -2.42. The number of carboxylic acid groups (broad SMARTS) is 1. The predicted molar refractivity (Wildman–Crippen MR) is 118 cm³/mol. The van der Waals surface area contributed by atoms with E-state index in [1.165, 1.54) is 12.1 Å². The average Bonchev–Trinajstić information content (AvgIpc) is 2.79. The van der Waals surface area contributed by atoms with Crippen LogP contribution >= 0.6 is 0 Å². The maximum absolute atomic E-state index is 12.8. The van der Waals surface area contributed by atoms with Crippen molar-refractivity contribution < 1.29 is 37.4 Å². The number of carboxylic acids is 1. The number of alkyl halides is 3. The zero-order chi connectivity index (χ0) is 25.0. The standard InChI is InChI=1S/C24H27F3N2O5/c25-24(26,27)19-11-7-10-18(14-19)15-20(22(31)32)29-21(30)12-5-2-6-13-28-23(33)34-16-17-8-3-1-4-9-17/h1,3-4,7-11,14,20H,2,5-6,12-13,15-16H2,(H,28,33)(H,29,30)(H,31,32)/t20-/m1/s1. The van der Waals surface area contributed by atoms with Gasteiger partial charge in [-0.2, -0.15) is 13.2 Å². The lowest BCUT2D eigenvalue weighted by molar-refractivity contribution is -0.141. The number of nitrogens with one attached hydrogen (secondary N) is 2. The van der Waals surface area contributed by atoms with Gasteiger partial charge < -0.3 is 20.5 Å². The van der Waals surface area contributed by atoms with E-state index < -0.39 is 35.8 Å². The Bertz CT molecular complexity index is 951. The van der Waals surface area contributed by atoms with Crippen molar-refractivity contribution in [2.45, 2.75) is 50.9 Å². The SMILES string of the molecule is O=C(CCCCCNC(=O)OCc1ccccc1)N[C@H](Cc1cccc(C(F)(F)F)c1)C(=O)O. The largest absolute Gasteiger partial charge is 0.480 e. The summed E-state index contributed by atoms with van der Waals surface area (Å²) in [5.74, 6) is -1.83. The fourth-order valence-corrected chi connectivity index (χ4v) is 3.13. The Hall–Kier alpha value is -3.56. The van der Waals surface area contributed by atoms with E-state index >= 15 is 0 Å². The van der Waals surface area contributed by atoms with Crippen molar-refractivity contribution in [3.8, 4) is 0 Å². The summed E-state index contributed by atoms with van der Waals surface area (Å²) in [5, 5.41) is 14.3. The van der Waals surface area contributed by atoms with E-state index in [0.717, 1.165) is 17.7 Å². The van der Waals surface area contributed by atoms with Gasteiger partial charge in [-0.3, -0.25) is 4.79 Å². The molecule has 184 valence electrons. The third-order valence-corrected chi connectivity index (χ3v) is 4.89. The topological polar surface area (TPSA) is 105 Å². The number of amides is 2. The minimum absolute atomic E-state index is 0.0603. The molecule has 2 rings (SSSR count). The summed E-state index contributed by atoms with van der Waals surface area (Å²) in [6, 6.07) is 12.3. The van der Waals surface area contributed by atoms with Gasteiger partial charge in [0.05, 0.1) is 5.56 Å². The molecular weight excluding hydrogens is 453 g/mol. The van der Waals surface area contributed by atoms with E-state index in [4.69, 9.17) is 4.74 Å². The van der Waals surface area contributed by atoms with E-state index in [-0.39, 0.29) is 25.0 Å². The number of carbonyl (C=O) groups excluding carboxylic acids is 2. The molecule has 7 nitrogen and oxygen atoms in total. The summed E-state index contributed by atoms with van der Waals surface area (Å²) in [6.45, 7) is 0.528. The first-order valence-corrected chi connectivity index (χ1v) is 10.8. The zero-order valence-corrected chi connectivity index (χ0v) is 18.4. The zero-order valence-electron chi connectivity index (χ0n) is 18.4. The molecule has 0 saturated heterocycles. The van der Waals surface area contributed by atoms with E-state index in [9.17, 15) is 32.7 Å². The number of aliphatic carboxylic acids is 1. The van der Waals surface area contributed by atoms with Gasteiger partial charge in [-0.15, -0.1) is 0 Å². The molecule has 34 heavy (non-hydrogen) atoms. The number of halogens is 3. The van der Waals surface area contributed by atoms with Crippen LogP contribution in [-0.4, -0.2) is 35.7 Å². The van der Waals surface area contributed by atoms with Gasteiger partial charge in [-0.05, 0) is 30.0 Å². The van der Waals surface area contributed by atoms with Crippen LogP contribution in [0.3, 0.4) is 0 Å². The maximum atomic E-state index is 12.8. The molecule has 0 radical (unpaired) electrons. The van der Waals surface area contributed by atoms with Gasteiger partial charge in [0.2, 0.25) is 5.91 Å². The van der Waals surface area contributed by atoms with E-state index in [0.29, 0.717) is 25.8 Å². The van der Waals surface area contributed by atoms with Crippen molar-refractivity contribution in [3.05, 3.63) is 71.3 Å². The number of rotatable bonds is 12. The molecule has 3 N–H and O–H groups in total. The first-order valence-electron chi connectivity index (χ1n) is 10.8. The van der Waals surface area contributed by atoms with Crippen LogP contribution in [0.4, 0.5) is 18.0 Å². The molecule has 2 aromatic carbocycles. The summed E-state index contributed by atoms with van der Waals surface area (Å²) in [5.41, 5.74) is 0.155. The first kappa shape index (κ1) is 26.7. The molecule has 1 atom stereocenters. The quantitative estimate of drug-likeness (QED) is 0.393. The van der Waals surface area contributed by atoms with Gasteiger partial charge in [-0.25, -0.2) is 9.59 Å². The molecule has 0 bridgehead atoms. The summed E-state index contributed by atoms with van der Waals surface area (Å²) >= 11 is 0. The highest BCUT2D eigenvalue weighted by Crippen LogP contribution is 2.29. The van der Waals surface area contributed by atoms with Gasteiger partial charge >= 0.3 is 18.2 Å². The smallest absolute Gasteiger partial charge is 0.416 e. The van der Waals surface area contributed by atoms with Crippen LogP contribution < -0.4 is 10.6 Å². The highest BCUT2D eigenvalue weighted by atomic mass is 19.4. The van der Waals surface area contributed by atoms with Crippen molar-refractivity contribution in [3.63, 3.8) is 0 Å². The lowest BCUT2D eigenvalue weighted by Gasteiger charge is -2.16. The van der Waals surface area contributed by atoms with Crippen LogP contribution in [0.1, 0.15) is 42.4 Å². The van der Waals surface area contributed by atoms with E-state index in [1.54, 1.807) is 0 Å². The summed E-state index contributed by atoms with van der Waals surface area (Å²) < 4.78 is 43.6. The summed E-state index contributed by atoms with van der Waals surface area (Å²) in [4.78, 5) is 35.2. The molecule has 2 amide bonds. The third kappa shape index (κ3) is 9.93. The Labute approximate surface area is 195 Å². The minimum Gasteiger partial charge on any atom is -0.480 e. The highest BCUT2D eigenvalue weighted by molar-refractivity contribution is 5.83. The second-order valence-electron chi connectivity index (χ2n) is 7.66. The fourth-order valence-electron chi connectivity index (χ4n) is 3.13. The average molecular weight is 480 g/mol. The Morgan fingerprint density at radius 2 is 1.65 bits per heavy atom. The predicted octanol–water partition coefficient (Wildman–Crippen LogP) is 4.30. The third-order valence-electron chi connectivity index (χ3n) is 4.89. The number of benzene rings is 2. The van der Waals surface area contributed by atoms with Crippen LogP contribution in [0.2, 0.25) is 0 Å². The van der Waals surface area contributed by atoms with E-state index in [2.05, 4.69) is 10.6 Å². The molecule has 0 unspecified atom stereocenters. The molecule has 0 aliphatic carbocycles. The van der Waals surface area contributed by atoms with Gasteiger partial charge in [-0.1, -0.05) is 55.0 Å². The molecule has 0 fully saturated rings. The van der Waals surface area contributed by atoms with Crippen LogP contribution in [-0.2, 0) is 33.5 Å². The van der Waals surface area contributed by atoms with Crippen LogP contribution in [0.25, 0.3) is 0 Å². The number of alkyl carbamates (subject to hydrolysis) is 1. The molecule has 0 saturated carbocycles. The van der Waals surface area contributed by atoms with Crippen molar-refractivity contribution in [2.75, 3.05) is 6.54 Å². The number of hydrogen-bond acceptors (Lipinski definition) is 4. The molecule has 0 aliphatic heterocycles. The first-order chi connectivity index (χ1) is 16.1. The Balaban J connectivity index is 1.65. The number of ether oxygens (including phenoxy) is 1. The van der Waals surface area contributed by atoms with Gasteiger partial charge in [0.25, 0.3) is 0 Å². The summed E-state index contributed by atoms with van der Waals surface area (Å²) in [6.07, 6.45) is -3.61. The lowest BCUT2D eigenvalue weighted by atomic mass is 10.0. The van der Waals surface area contributed by atoms with Crippen LogP contribution in [0, 0.1) is 0 Å². The van der Waals surface area contributed by atoms with Crippen molar-refractivity contribution in [1.29, 1.82) is 0 Å². The van der Waals surface area contributed by atoms with Crippen molar-refractivity contribution in [1.82, 2.24) is 10.6 Å². The maximum Gasteiger partial charge on any atom is 0.416 e. The van der Waals surface area contributed by atoms with Gasteiger partial charge in [0.15, 0.2) is 0 Å². The number of carbonyl (C=O) groups is 3. The molecule has 0 heterocycles. The van der Waals surface area contributed by atoms with Crippen molar-refractivity contribution in [2.24, 2.45) is 0 Å². The van der Waals surface area contributed by atoms with Gasteiger partial charge in [0.1, 0.15) is 12.6 Å². The molecule has 0 aliphatic rings. The molecular formula is C24H27F3N2O5. The normalized spacial score (nSPS) is 12.0. The van der Waals surface area contributed by atoms with Crippen LogP contribution in [0.5, 0.6) is 0 Å². The second-order valence-corrected chi connectivity index (χ2v) is 7.66. The Morgan fingerprint density at radius 1 is 0.941 bits per heavy atom. The molecule has 2 aromatic rings. The summed E-state index contributed by atoms with van der Waals surface area (Å²) in [7, 11) is 0. The molecule has 0 aromatic heterocycles. The Kier molecular flexibility index (Phi) is 10.4. The van der Waals surface area contributed by atoms with Gasteiger partial charge in [0, 0.05) is 19.4 Å². The van der Waals surface area contributed by atoms with Crippen molar-refractivity contribution >= 4 is 18.0 Å². The second kappa shape index (κ2) is 13.2. The molecule has 10 heteroatoms. The monoisotopic (exact) mass is 480 g/mol. The minimum atomic E-state index is -4.54.